The van der Waals surface area contributed by atoms with E-state index < -0.39 is 6.09 Å². The highest BCUT2D eigenvalue weighted by atomic mass is 16.5. The van der Waals surface area contributed by atoms with E-state index >= 15 is 0 Å². The first kappa shape index (κ1) is 14.2. The van der Waals surface area contributed by atoms with E-state index in [1.54, 1.807) is 6.20 Å². The van der Waals surface area contributed by atoms with Gasteiger partial charge in [0.1, 0.15) is 6.61 Å². The fourth-order valence-corrected chi connectivity index (χ4v) is 1.69. The number of nitrogens with one attached hydrogen (secondary N) is 1. The Morgan fingerprint density at radius 1 is 1.45 bits per heavy atom. The minimum absolute atomic E-state index is 0.348. The second kappa shape index (κ2) is 6.29. The van der Waals surface area contributed by atoms with E-state index in [1.807, 2.05) is 44.1 Å². The number of pyridine rings is 2. The lowest BCUT2D eigenvalue weighted by molar-refractivity contribution is 0.151. The molecule has 0 bridgehead atoms. The van der Waals surface area contributed by atoms with E-state index in [0.717, 1.165) is 5.39 Å². The van der Waals surface area contributed by atoms with Gasteiger partial charge < -0.3 is 9.64 Å². The van der Waals surface area contributed by atoms with Crippen molar-refractivity contribution in [1.29, 1.82) is 0 Å². The predicted octanol–water partition coefficient (Wildman–Crippen LogP) is 2.05. The first-order valence-electron chi connectivity index (χ1n) is 6.37. The number of fused-ring (bicyclic) bond motifs is 1. The van der Waals surface area contributed by atoms with Crippen molar-refractivity contribution in [3.05, 3.63) is 30.1 Å². The quantitative estimate of drug-likeness (QED) is 0.924. The van der Waals surface area contributed by atoms with Gasteiger partial charge in [-0.3, -0.25) is 5.32 Å². The van der Waals surface area contributed by atoms with Crippen LogP contribution in [0.4, 0.5) is 10.5 Å². The number of carbonyl (C=O) groups excluding carboxylic acids is 1. The summed E-state index contributed by atoms with van der Waals surface area (Å²) in [6.07, 6.45) is 1.22. The molecule has 0 radical (unpaired) electrons. The summed E-state index contributed by atoms with van der Waals surface area (Å²) >= 11 is 0. The predicted molar refractivity (Wildman–Crippen MR) is 77.8 cm³/mol. The average molecular weight is 274 g/mol. The number of anilines is 1. The lowest BCUT2D eigenvalue weighted by atomic mass is 10.2. The third-order valence-corrected chi connectivity index (χ3v) is 2.79. The Balaban J connectivity index is 2.05. The molecule has 0 saturated heterocycles. The fraction of sp³-hybridized carbons (Fsp3) is 0.357. The molecule has 1 amide bonds. The summed E-state index contributed by atoms with van der Waals surface area (Å²) in [5.41, 5.74) is 2.01. The number of aryl methyl sites for hydroxylation is 1. The van der Waals surface area contributed by atoms with E-state index in [4.69, 9.17) is 4.74 Å². The first-order chi connectivity index (χ1) is 9.56. The normalized spacial score (nSPS) is 10.8. The molecule has 0 aliphatic heterocycles. The van der Waals surface area contributed by atoms with Gasteiger partial charge in [-0.1, -0.05) is 0 Å². The van der Waals surface area contributed by atoms with E-state index in [1.165, 1.54) is 0 Å². The number of likely N-dealkylation sites (N-methyl/N-ethyl adjacent to an activating group) is 1. The standard InChI is InChI=1S/C14H18N4O2/c1-10-12(17-14(19)20-8-7-18(2)3)9-11-5-4-6-15-13(11)16-10/h4-6,9H,7-8H2,1-3H3,(H,17,19). The van der Waals surface area contributed by atoms with Crippen molar-refractivity contribution in [3.8, 4) is 0 Å². The molecule has 0 spiro atoms. The van der Waals surface area contributed by atoms with Crippen molar-refractivity contribution >= 4 is 22.8 Å². The van der Waals surface area contributed by atoms with Gasteiger partial charge in [0.15, 0.2) is 5.65 Å². The van der Waals surface area contributed by atoms with E-state index in [9.17, 15) is 4.79 Å². The molecule has 106 valence electrons. The number of hydrogen-bond donors (Lipinski definition) is 1. The average Bonchev–Trinajstić information content (AvgIpc) is 2.39. The monoisotopic (exact) mass is 274 g/mol. The Bertz CT molecular complexity index is 613. The molecular formula is C14H18N4O2. The summed E-state index contributed by atoms with van der Waals surface area (Å²) in [4.78, 5) is 22.2. The van der Waals surface area contributed by atoms with Gasteiger partial charge in [-0.15, -0.1) is 0 Å². The third-order valence-electron chi connectivity index (χ3n) is 2.79. The molecule has 0 aliphatic carbocycles. The van der Waals surface area contributed by atoms with Gasteiger partial charge >= 0.3 is 6.09 Å². The molecule has 2 heterocycles. The Morgan fingerprint density at radius 3 is 3.00 bits per heavy atom. The number of aromatic nitrogens is 2. The molecule has 6 nitrogen and oxygen atoms in total. The van der Waals surface area contributed by atoms with Crippen LogP contribution in [-0.2, 0) is 4.74 Å². The van der Waals surface area contributed by atoms with Crippen molar-refractivity contribution in [3.63, 3.8) is 0 Å². The van der Waals surface area contributed by atoms with Gasteiger partial charge in [0, 0.05) is 18.1 Å². The molecule has 0 atom stereocenters. The smallest absolute Gasteiger partial charge is 0.411 e. The second-order valence-electron chi connectivity index (χ2n) is 4.74. The van der Waals surface area contributed by atoms with Crippen LogP contribution in [0.25, 0.3) is 11.0 Å². The summed E-state index contributed by atoms with van der Waals surface area (Å²) in [7, 11) is 3.84. The van der Waals surface area contributed by atoms with Gasteiger partial charge in [0.25, 0.3) is 0 Å². The highest BCUT2D eigenvalue weighted by molar-refractivity contribution is 5.89. The topological polar surface area (TPSA) is 67.3 Å². The highest BCUT2D eigenvalue weighted by Crippen LogP contribution is 2.18. The lowest BCUT2D eigenvalue weighted by Crippen LogP contribution is -2.22. The number of amides is 1. The number of nitrogens with zero attached hydrogens (tertiary/aromatic N) is 3. The summed E-state index contributed by atoms with van der Waals surface area (Å²) in [6, 6.07) is 5.58. The van der Waals surface area contributed by atoms with Crippen LogP contribution in [0, 0.1) is 6.92 Å². The third kappa shape index (κ3) is 3.64. The van der Waals surface area contributed by atoms with Crippen LogP contribution < -0.4 is 5.32 Å². The molecule has 2 aromatic heterocycles. The maximum Gasteiger partial charge on any atom is 0.411 e. The largest absolute Gasteiger partial charge is 0.448 e. The van der Waals surface area contributed by atoms with Crippen LogP contribution in [0.5, 0.6) is 0 Å². The van der Waals surface area contributed by atoms with E-state index in [-0.39, 0.29) is 0 Å². The molecule has 6 heteroatoms. The fourth-order valence-electron chi connectivity index (χ4n) is 1.69. The molecule has 2 rings (SSSR count). The highest BCUT2D eigenvalue weighted by Gasteiger charge is 2.08. The number of hydrogen-bond acceptors (Lipinski definition) is 5. The molecule has 0 saturated carbocycles. The van der Waals surface area contributed by atoms with Gasteiger partial charge in [-0.25, -0.2) is 14.8 Å². The van der Waals surface area contributed by atoms with Crippen LogP contribution in [0.15, 0.2) is 24.4 Å². The van der Waals surface area contributed by atoms with Crippen LogP contribution in [0.1, 0.15) is 5.69 Å². The number of rotatable bonds is 4. The summed E-state index contributed by atoms with van der Waals surface area (Å²) in [5, 5.41) is 3.58. The Labute approximate surface area is 117 Å². The molecule has 0 aliphatic rings. The van der Waals surface area contributed by atoms with Crippen molar-refractivity contribution in [1.82, 2.24) is 14.9 Å². The zero-order valence-electron chi connectivity index (χ0n) is 11.9. The van der Waals surface area contributed by atoms with E-state index in [2.05, 4.69) is 15.3 Å². The van der Waals surface area contributed by atoms with Gasteiger partial charge in [0.2, 0.25) is 0 Å². The Hall–Kier alpha value is -2.21. The van der Waals surface area contributed by atoms with Gasteiger partial charge in [-0.2, -0.15) is 0 Å². The number of carbonyl (C=O) groups is 1. The first-order valence-corrected chi connectivity index (χ1v) is 6.37. The van der Waals surface area contributed by atoms with Gasteiger partial charge in [0.05, 0.1) is 11.4 Å². The van der Waals surface area contributed by atoms with Crippen LogP contribution in [0.2, 0.25) is 0 Å². The summed E-state index contributed by atoms with van der Waals surface area (Å²) in [6.45, 7) is 2.86. The van der Waals surface area contributed by atoms with Crippen molar-refractivity contribution in [2.24, 2.45) is 0 Å². The zero-order chi connectivity index (χ0) is 14.5. The van der Waals surface area contributed by atoms with Gasteiger partial charge in [-0.05, 0) is 39.2 Å². The molecule has 0 aromatic carbocycles. The van der Waals surface area contributed by atoms with Crippen LogP contribution in [0.3, 0.4) is 0 Å². The molecule has 2 aromatic rings. The minimum atomic E-state index is -0.472. The zero-order valence-corrected chi connectivity index (χ0v) is 11.9. The second-order valence-corrected chi connectivity index (χ2v) is 4.74. The minimum Gasteiger partial charge on any atom is -0.448 e. The summed E-state index contributed by atoms with van der Waals surface area (Å²) < 4.78 is 5.09. The SMILES string of the molecule is Cc1nc2ncccc2cc1NC(=O)OCCN(C)C. The van der Waals surface area contributed by atoms with E-state index in [0.29, 0.717) is 30.2 Å². The molecule has 0 unspecified atom stereocenters. The molecule has 0 fully saturated rings. The number of ether oxygens (including phenoxy) is 1. The Kier molecular flexibility index (Phi) is 4.47. The molecule has 20 heavy (non-hydrogen) atoms. The van der Waals surface area contributed by atoms with Crippen molar-refractivity contribution in [2.45, 2.75) is 6.92 Å². The molecule has 1 N–H and O–H groups in total. The summed E-state index contributed by atoms with van der Waals surface area (Å²) in [5.74, 6) is 0. The van der Waals surface area contributed by atoms with Crippen LogP contribution in [-0.4, -0.2) is 48.2 Å². The van der Waals surface area contributed by atoms with Crippen molar-refractivity contribution in [2.75, 3.05) is 32.6 Å². The maximum absolute atomic E-state index is 11.7. The van der Waals surface area contributed by atoms with Crippen LogP contribution >= 0.6 is 0 Å². The Morgan fingerprint density at radius 2 is 2.25 bits per heavy atom. The maximum atomic E-state index is 11.7. The molecular weight excluding hydrogens is 256 g/mol. The lowest BCUT2D eigenvalue weighted by Gasteiger charge is -2.12. The van der Waals surface area contributed by atoms with Crippen molar-refractivity contribution < 1.29 is 9.53 Å².